The van der Waals surface area contributed by atoms with Gasteiger partial charge in [0.05, 0.1) is 11.7 Å². The van der Waals surface area contributed by atoms with Crippen molar-refractivity contribution in [2.75, 3.05) is 5.32 Å². The van der Waals surface area contributed by atoms with Crippen molar-refractivity contribution >= 4 is 44.1 Å². The van der Waals surface area contributed by atoms with Gasteiger partial charge >= 0.3 is 5.97 Å². The molecule has 134 valence electrons. The molecule has 0 aliphatic heterocycles. The van der Waals surface area contributed by atoms with Crippen LogP contribution in [0.25, 0.3) is 0 Å². The number of carbonyl (C=O) groups is 2. The third-order valence-electron chi connectivity index (χ3n) is 4.08. The summed E-state index contributed by atoms with van der Waals surface area (Å²) < 4.78 is 11.2. The fraction of sp³-hybridized carbons (Fsp3) is 0.444. The van der Waals surface area contributed by atoms with Crippen LogP contribution in [0.15, 0.2) is 21.2 Å². The number of furan rings is 1. The molecule has 0 spiro atoms. The fourth-order valence-electron chi connectivity index (χ4n) is 2.93. The van der Waals surface area contributed by atoms with Gasteiger partial charge in [0, 0.05) is 4.88 Å². The van der Waals surface area contributed by atoms with Crippen LogP contribution < -0.4 is 5.32 Å². The van der Waals surface area contributed by atoms with Gasteiger partial charge in [-0.2, -0.15) is 0 Å². The highest BCUT2D eigenvalue weighted by Gasteiger charge is 2.30. The highest BCUT2D eigenvalue weighted by molar-refractivity contribution is 9.10. The summed E-state index contributed by atoms with van der Waals surface area (Å²) in [6.07, 6.45) is 2.57. The Bertz CT molecular complexity index is 808. The minimum atomic E-state index is -0.379. The molecule has 0 saturated carbocycles. The molecule has 25 heavy (non-hydrogen) atoms. The minimum Gasteiger partial charge on any atom is -0.459 e. The molecule has 7 heteroatoms. The molecule has 0 saturated heterocycles. The molecule has 2 aromatic rings. The fourth-order valence-corrected chi connectivity index (χ4v) is 4.63. The predicted octanol–water partition coefficient (Wildman–Crippen LogP) is 5.05. The number of hydrogen-bond acceptors (Lipinski definition) is 5. The van der Waals surface area contributed by atoms with E-state index in [-0.39, 0.29) is 23.7 Å². The number of rotatable bonds is 4. The van der Waals surface area contributed by atoms with Crippen LogP contribution in [0.4, 0.5) is 5.00 Å². The summed E-state index contributed by atoms with van der Waals surface area (Å²) in [6.45, 7) is 5.84. The lowest BCUT2D eigenvalue weighted by atomic mass is 9.88. The number of anilines is 1. The van der Waals surface area contributed by atoms with E-state index in [4.69, 9.17) is 9.15 Å². The van der Waals surface area contributed by atoms with E-state index in [0.29, 0.717) is 21.2 Å². The number of thiophene rings is 1. The van der Waals surface area contributed by atoms with Gasteiger partial charge in [-0.15, -0.1) is 11.3 Å². The second kappa shape index (κ2) is 7.33. The van der Waals surface area contributed by atoms with Crippen LogP contribution in [0.2, 0.25) is 0 Å². The molecule has 0 unspecified atom stereocenters. The number of carbonyl (C=O) groups excluding carboxylic acids is 2. The maximum Gasteiger partial charge on any atom is 0.341 e. The number of hydrogen-bond donors (Lipinski definition) is 1. The molecule has 1 atom stereocenters. The summed E-state index contributed by atoms with van der Waals surface area (Å²) in [7, 11) is 0. The van der Waals surface area contributed by atoms with E-state index in [1.54, 1.807) is 12.1 Å². The highest BCUT2D eigenvalue weighted by Crippen LogP contribution is 2.40. The summed E-state index contributed by atoms with van der Waals surface area (Å²) in [5.41, 5.74) is 1.52. The zero-order chi connectivity index (χ0) is 18.1. The van der Waals surface area contributed by atoms with Crippen molar-refractivity contribution in [2.45, 2.75) is 46.1 Å². The standard InChI is InChI=1S/C18H20BrNO4S/c1-9(2)23-18(22)15-11-5-4-10(3)8-13(11)25-17(15)20-16(21)12-6-7-14(19)24-12/h6-7,9-10H,4-5,8H2,1-3H3,(H,20,21)/t10-/m0/s1. The van der Waals surface area contributed by atoms with Gasteiger partial charge in [-0.05, 0) is 72.7 Å². The molecule has 2 heterocycles. The zero-order valence-electron chi connectivity index (χ0n) is 14.3. The summed E-state index contributed by atoms with van der Waals surface area (Å²) in [6, 6.07) is 3.24. The van der Waals surface area contributed by atoms with Crippen LogP contribution in [0.3, 0.4) is 0 Å². The normalized spacial score (nSPS) is 16.6. The number of fused-ring (bicyclic) bond motifs is 1. The summed E-state index contributed by atoms with van der Waals surface area (Å²) in [4.78, 5) is 26.2. The van der Waals surface area contributed by atoms with E-state index < -0.39 is 0 Å². The Balaban J connectivity index is 1.94. The van der Waals surface area contributed by atoms with Crippen molar-refractivity contribution in [3.05, 3.63) is 38.6 Å². The van der Waals surface area contributed by atoms with Crippen molar-refractivity contribution in [1.82, 2.24) is 0 Å². The highest BCUT2D eigenvalue weighted by atomic mass is 79.9. The average molecular weight is 426 g/mol. The van der Waals surface area contributed by atoms with Crippen LogP contribution >= 0.6 is 27.3 Å². The van der Waals surface area contributed by atoms with Crippen molar-refractivity contribution < 1.29 is 18.7 Å². The van der Waals surface area contributed by atoms with Gasteiger partial charge < -0.3 is 14.5 Å². The van der Waals surface area contributed by atoms with Crippen LogP contribution in [-0.2, 0) is 17.6 Å². The van der Waals surface area contributed by atoms with Crippen molar-refractivity contribution in [2.24, 2.45) is 5.92 Å². The van der Waals surface area contributed by atoms with E-state index in [9.17, 15) is 9.59 Å². The van der Waals surface area contributed by atoms with Crippen molar-refractivity contribution in [1.29, 1.82) is 0 Å². The molecule has 1 aliphatic carbocycles. The van der Waals surface area contributed by atoms with E-state index >= 15 is 0 Å². The maximum absolute atomic E-state index is 12.6. The quantitative estimate of drug-likeness (QED) is 0.695. The minimum absolute atomic E-state index is 0.190. The molecule has 1 N–H and O–H groups in total. The van der Waals surface area contributed by atoms with E-state index in [1.807, 2.05) is 13.8 Å². The lowest BCUT2D eigenvalue weighted by molar-refractivity contribution is 0.0378. The first-order valence-electron chi connectivity index (χ1n) is 8.27. The topological polar surface area (TPSA) is 68.5 Å². The van der Waals surface area contributed by atoms with Crippen LogP contribution in [0.1, 0.15) is 58.5 Å². The summed E-state index contributed by atoms with van der Waals surface area (Å²) in [5, 5.41) is 3.37. The first-order chi connectivity index (χ1) is 11.8. The van der Waals surface area contributed by atoms with Gasteiger partial charge in [-0.3, -0.25) is 4.79 Å². The summed E-state index contributed by atoms with van der Waals surface area (Å²) in [5.74, 6) is 0.00779. The van der Waals surface area contributed by atoms with Gasteiger partial charge in [-0.25, -0.2) is 4.79 Å². The molecule has 0 radical (unpaired) electrons. The molecule has 0 fully saturated rings. The molecular weight excluding hydrogens is 406 g/mol. The SMILES string of the molecule is CC(C)OC(=O)c1c(NC(=O)c2ccc(Br)o2)sc2c1CC[C@H](C)C2. The lowest BCUT2D eigenvalue weighted by Crippen LogP contribution is -2.18. The Kier molecular flexibility index (Phi) is 5.34. The second-order valence-electron chi connectivity index (χ2n) is 6.57. The first-order valence-corrected chi connectivity index (χ1v) is 9.88. The number of ether oxygens (including phenoxy) is 1. The number of nitrogens with one attached hydrogen (secondary N) is 1. The van der Waals surface area contributed by atoms with Crippen molar-refractivity contribution in [3.8, 4) is 0 Å². The van der Waals surface area contributed by atoms with Gasteiger partial charge in [0.1, 0.15) is 5.00 Å². The van der Waals surface area contributed by atoms with Gasteiger partial charge in [0.2, 0.25) is 0 Å². The van der Waals surface area contributed by atoms with Crippen LogP contribution in [-0.4, -0.2) is 18.0 Å². The Morgan fingerprint density at radius 3 is 2.80 bits per heavy atom. The number of esters is 1. The Morgan fingerprint density at radius 1 is 1.40 bits per heavy atom. The van der Waals surface area contributed by atoms with E-state index in [2.05, 4.69) is 28.2 Å². The second-order valence-corrected chi connectivity index (χ2v) is 8.45. The molecule has 0 bridgehead atoms. The number of halogens is 1. The Labute approximate surface area is 158 Å². The first kappa shape index (κ1) is 18.2. The Morgan fingerprint density at radius 2 is 2.16 bits per heavy atom. The Hall–Kier alpha value is -1.60. The predicted molar refractivity (Wildman–Crippen MR) is 100 cm³/mol. The molecule has 2 aromatic heterocycles. The van der Waals surface area contributed by atoms with Crippen molar-refractivity contribution in [3.63, 3.8) is 0 Å². The third-order valence-corrected chi connectivity index (χ3v) is 5.68. The van der Waals surface area contributed by atoms with Gasteiger partial charge in [0.15, 0.2) is 10.4 Å². The van der Waals surface area contributed by atoms with Gasteiger partial charge in [-0.1, -0.05) is 6.92 Å². The summed E-state index contributed by atoms with van der Waals surface area (Å²) >= 11 is 4.65. The van der Waals surface area contributed by atoms with Gasteiger partial charge in [0.25, 0.3) is 5.91 Å². The number of amides is 1. The van der Waals surface area contributed by atoms with E-state index in [0.717, 1.165) is 29.7 Å². The average Bonchev–Trinajstić information content (AvgIpc) is 3.09. The largest absolute Gasteiger partial charge is 0.459 e. The van der Waals surface area contributed by atoms with Crippen LogP contribution in [0.5, 0.6) is 0 Å². The maximum atomic E-state index is 12.6. The molecule has 3 rings (SSSR count). The smallest absolute Gasteiger partial charge is 0.341 e. The molecule has 1 amide bonds. The van der Waals surface area contributed by atoms with Crippen LogP contribution in [0, 0.1) is 5.92 Å². The molecule has 0 aromatic carbocycles. The lowest BCUT2D eigenvalue weighted by Gasteiger charge is -2.18. The third kappa shape index (κ3) is 3.98. The zero-order valence-corrected chi connectivity index (χ0v) is 16.8. The monoisotopic (exact) mass is 425 g/mol. The van der Waals surface area contributed by atoms with E-state index in [1.165, 1.54) is 11.3 Å². The molecule has 1 aliphatic rings. The molecular formula is C18H20BrNO4S. The molecule has 5 nitrogen and oxygen atoms in total.